The number of carbonyl (C=O) groups is 1. The SMILES string of the molecule is CCN(CC)CCN1C(=O)CN=C(c2ccc(F)cc2)c2cc(Cl)ccc21. The number of likely N-dealkylation sites (N-methyl/N-ethyl adjacent to an activating group) is 1. The molecule has 4 nitrogen and oxygen atoms in total. The first-order valence-electron chi connectivity index (χ1n) is 9.16. The molecule has 1 aliphatic heterocycles. The van der Waals surface area contributed by atoms with E-state index in [1.807, 2.05) is 12.1 Å². The molecule has 1 heterocycles. The van der Waals surface area contributed by atoms with Crippen LogP contribution in [0.5, 0.6) is 0 Å². The average Bonchev–Trinajstić information content (AvgIpc) is 2.80. The van der Waals surface area contributed by atoms with E-state index in [4.69, 9.17) is 11.6 Å². The van der Waals surface area contributed by atoms with Crippen molar-refractivity contribution in [1.29, 1.82) is 0 Å². The Balaban J connectivity index is 2.01. The molecule has 0 unspecified atom stereocenters. The van der Waals surface area contributed by atoms with Gasteiger partial charge in [0.1, 0.15) is 12.4 Å². The molecule has 0 spiro atoms. The third-order valence-electron chi connectivity index (χ3n) is 4.83. The fourth-order valence-electron chi connectivity index (χ4n) is 3.27. The second-order valence-electron chi connectivity index (χ2n) is 6.41. The number of benzodiazepines with no additional fused rings is 1. The van der Waals surface area contributed by atoms with E-state index >= 15 is 0 Å². The molecule has 0 fully saturated rings. The van der Waals surface area contributed by atoms with Crippen molar-refractivity contribution >= 4 is 28.9 Å². The zero-order valence-electron chi connectivity index (χ0n) is 15.6. The summed E-state index contributed by atoms with van der Waals surface area (Å²) in [6, 6.07) is 11.6. The molecular formula is C21H23ClFN3O. The Labute approximate surface area is 164 Å². The maximum absolute atomic E-state index is 13.3. The van der Waals surface area contributed by atoms with Gasteiger partial charge in [-0.05, 0) is 55.6 Å². The lowest BCUT2D eigenvalue weighted by atomic mass is 10.00. The lowest BCUT2D eigenvalue weighted by Crippen LogP contribution is -2.39. The Morgan fingerprint density at radius 3 is 2.52 bits per heavy atom. The summed E-state index contributed by atoms with van der Waals surface area (Å²) in [5.41, 5.74) is 3.00. The van der Waals surface area contributed by atoms with Gasteiger partial charge in [-0.1, -0.05) is 25.4 Å². The first-order chi connectivity index (χ1) is 13.0. The normalized spacial score (nSPS) is 14.2. The largest absolute Gasteiger partial charge is 0.309 e. The van der Waals surface area contributed by atoms with Crippen molar-refractivity contribution in [3.8, 4) is 0 Å². The summed E-state index contributed by atoms with van der Waals surface area (Å²) in [5, 5.41) is 0.571. The molecule has 1 aliphatic rings. The summed E-state index contributed by atoms with van der Waals surface area (Å²) < 4.78 is 13.3. The van der Waals surface area contributed by atoms with Crippen LogP contribution < -0.4 is 4.90 Å². The molecular weight excluding hydrogens is 365 g/mol. The fraction of sp³-hybridized carbons (Fsp3) is 0.333. The first kappa shape index (κ1) is 19.5. The lowest BCUT2D eigenvalue weighted by molar-refractivity contribution is -0.117. The maximum Gasteiger partial charge on any atom is 0.248 e. The standard InChI is InChI=1S/C21H23ClFN3O/c1-3-25(4-2)11-12-26-19-10-7-16(22)13-18(19)21(24-14-20(26)27)15-5-8-17(23)9-6-15/h5-10,13H,3-4,11-12,14H2,1-2H3. The Bertz CT molecular complexity index is 847. The van der Waals surface area contributed by atoms with E-state index in [-0.39, 0.29) is 18.3 Å². The Hall–Kier alpha value is -2.24. The van der Waals surface area contributed by atoms with Crippen LogP contribution in [0.2, 0.25) is 5.02 Å². The maximum atomic E-state index is 13.3. The third kappa shape index (κ3) is 4.37. The minimum absolute atomic E-state index is 0.0528. The molecule has 0 N–H and O–H groups in total. The zero-order chi connectivity index (χ0) is 19.4. The van der Waals surface area contributed by atoms with E-state index in [1.54, 1.807) is 23.1 Å². The molecule has 2 aromatic carbocycles. The summed E-state index contributed by atoms with van der Waals surface area (Å²) in [5.74, 6) is -0.362. The van der Waals surface area contributed by atoms with Crippen LogP contribution in [0.1, 0.15) is 25.0 Å². The number of benzene rings is 2. The number of fused-ring (bicyclic) bond motifs is 1. The lowest BCUT2D eigenvalue weighted by Gasteiger charge is -2.26. The van der Waals surface area contributed by atoms with E-state index < -0.39 is 0 Å². The molecule has 0 bridgehead atoms. The molecule has 2 aromatic rings. The average molecular weight is 388 g/mol. The van der Waals surface area contributed by atoms with Crippen LogP contribution in [-0.4, -0.2) is 49.2 Å². The van der Waals surface area contributed by atoms with Crippen LogP contribution >= 0.6 is 11.6 Å². The second kappa shape index (κ2) is 8.63. The van der Waals surface area contributed by atoms with Crippen LogP contribution in [0.4, 0.5) is 10.1 Å². The minimum atomic E-state index is -0.309. The van der Waals surface area contributed by atoms with Gasteiger partial charge in [-0.2, -0.15) is 0 Å². The van der Waals surface area contributed by atoms with Crippen LogP contribution in [0.3, 0.4) is 0 Å². The van der Waals surface area contributed by atoms with Gasteiger partial charge in [0.2, 0.25) is 5.91 Å². The van der Waals surface area contributed by atoms with Gasteiger partial charge in [0, 0.05) is 29.2 Å². The molecule has 0 aromatic heterocycles. The predicted molar refractivity (Wildman–Crippen MR) is 108 cm³/mol. The predicted octanol–water partition coefficient (Wildman–Crippen LogP) is 4.00. The number of aliphatic imine (C=N–C) groups is 1. The number of halogens is 2. The molecule has 3 rings (SSSR count). The minimum Gasteiger partial charge on any atom is -0.309 e. The van der Waals surface area contributed by atoms with Crippen molar-refractivity contribution in [2.45, 2.75) is 13.8 Å². The summed E-state index contributed by atoms with van der Waals surface area (Å²) in [6.45, 7) is 7.51. The Kier molecular flexibility index (Phi) is 6.24. The van der Waals surface area contributed by atoms with Crippen molar-refractivity contribution in [3.05, 3.63) is 64.4 Å². The smallest absolute Gasteiger partial charge is 0.248 e. The van der Waals surface area contributed by atoms with Gasteiger partial charge in [-0.15, -0.1) is 0 Å². The highest BCUT2D eigenvalue weighted by Gasteiger charge is 2.25. The van der Waals surface area contributed by atoms with Gasteiger partial charge in [0.15, 0.2) is 0 Å². The molecule has 27 heavy (non-hydrogen) atoms. The van der Waals surface area contributed by atoms with Crippen LogP contribution in [0.15, 0.2) is 47.5 Å². The van der Waals surface area contributed by atoms with Crippen molar-refractivity contribution in [2.24, 2.45) is 4.99 Å². The molecule has 0 aliphatic carbocycles. The quantitative estimate of drug-likeness (QED) is 0.751. The van der Waals surface area contributed by atoms with Crippen molar-refractivity contribution in [3.63, 3.8) is 0 Å². The summed E-state index contributed by atoms with van der Waals surface area (Å²) in [7, 11) is 0. The number of rotatable bonds is 6. The highest BCUT2D eigenvalue weighted by Crippen LogP contribution is 2.29. The highest BCUT2D eigenvalue weighted by molar-refractivity contribution is 6.32. The number of anilines is 1. The topological polar surface area (TPSA) is 35.9 Å². The number of amides is 1. The van der Waals surface area contributed by atoms with Gasteiger partial charge in [-0.3, -0.25) is 9.79 Å². The summed E-state index contributed by atoms with van der Waals surface area (Å²) in [6.07, 6.45) is 0. The van der Waals surface area contributed by atoms with Gasteiger partial charge in [0.25, 0.3) is 0 Å². The van der Waals surface area contributed by atoms with Gasteiger partial charge in [0.05, 0.1) is 11.4 Å². The van der Waals surface area contributed by atoms with E-state index in [0.29, 0.717) is 17.3 Å². The highest BCUT2D eigenvalue weighted by atomic mass is 35.5. The van der Waals surface area contributed by atoms with E-state index in [9.17, 15) is 9.18 Å². The Morgan fingerprint density at radius 2 is 1.85 bits per heavy atom. The zero-order valence-corrected chi connectivity index (χ0v) is 16.3. The monoisotopic (exact) mass is 387 g/mol. The number of carbonyl (C=O) groups excluding carboxylic acids is 1. The van der Waals surface area contributed by atoms with Crippen molar-refractivity contribution in [1.82, 2.24) is 4.90 Å². The van der Waals surface area contributed by atoms with Gasteiger partial charge >= 0.3 is 0 Å². The molecule has 0 atom stereocenters. The van der Waals surface area contributed by atoms with E-state index in [0.717, 1.165) is 36.4 Å². The molecule has 6 heteroatoms. The summed E-state index contributed by atoms with van der Waals surface area (Å²) in [4.78, 5) is 21.4. The van der Waals surface area contributed by atoms with E-state index in [2.05, 4.69) is 23.7 Å². The van der Waals surface area contributed by atoms with Crippen LogP contribution in [0, 0.1) is 5.82 Å². The van der Waals surface area contributed by atoms with Crippen LogP contribution in [-0.2, 0) is 4.79 Å². The van der Waals surface area contributed by atoms with Crippen molar-refractivity contribution in [2.75, 3.05) is 37.6 Å². The molecule has 0 radical (unpaired) electrons. The summed E-state index contributed by atoms with van der Waals surface area (Å²) >= 11 is 6.24. The first-order valence-corrected chi connectivity index (χ1v) is 9.54. The second-order valence-corrected chi connectivity index (χ2v) is 6.84. The molecule has 142 valence electrons. The van der Waals surface area contributed by atoms with Gasteiger partial charge in [-0.25, -0.2) is 4.39 Å². The van der Waals surface area contributed by atoms with Gasteiger partial charge < -0.3 is 9.80 Å². The van der Waals surface area contributed by atoms with Crippen LogP contribution in [0.25, 0.3) is 0 Å². The number of nitrogens with zero attached hydrogens (tertiary/aromatic N) is 3. The van der Waals surface area contributed by atoms with E-state index in [1.165, 1.54) is 12.1 Å². The van der Waals surface area contributed by atoms with Crippen molar-refractivity contribution < 1.29 is 9.18 Å². The molecule has 0 saturated carbocycles. The molecule has 0 saturated heterocycles. The number of hydrogen-bond acceptors (Lipinski definition) is 3. The third-order valence-corrected chi connectivity index (χ3v) is 5.07. The Morgan fingerprint density at radius 1 is 1.15 bits per heavy atom. The fourth-order valence-corrected chi connectivity index (χ4v) is 3.44. The number of hydrogen-bond donors (Lipinski definition) is 0. The molecule has 1 amide bonds.